The first-order valence-corrected chi connectivity index (χ1v) is 9.42. The van der Waals surface area contributed by atoms with Gasteiger partial charge in [0.25, 0.3) is 5.91 Å². The topological polar surface area (TPSA) is 93.7 Å². The third kappa shape index (κ3) is 5.23. The van der Waals surface area contributed by atoms with E-state index in [1.807, 2.05) is 0 Å². The molecule has 0 aliphatic rings. The average molecular weight is 388 g/mol. The van der Waals surface area contributed by atoms with Crippen LogP contribution in [-0.4, -0.2) is 35.1 Å². The molecule has 142 valence electrons. The second-order valence-electron chi connectivity index (χ2n) is 5.42. The van der Waals surface area contributed by atoms with Gasteiger partial charge < -0.3 is 14.8 Å². The van der Waals surface area contributed by atoms with E-state index in [-0.39, 0.29) is 23.5 Å². The summed E-state index contributed by atoms with van der Waals surface area (Å²) in [4.78, 5) is 12.4. The third-order valence-corrected chi connectivity index (χ3v) is 5.10. The summed E-state index contributed by atoms with van der Waals surface area (Å²) in [6, 6.07) is 10.9. The molecule has 0 unspecified atom stereocenters. The number of ether oxygens (including phenoxy) is 2. The Kier molecular flexibility index (Phi) is 6.82. The number of carbonyl (C=O) groups excluding carboxylic acids is 1. The summed E-state index contributed by atoms with van der Waals surface area (Å²) in [5.74, 6) is 3.01. The van der Waals surface area contributed by atoms with Crippen LogP contribution in [-0.2, 0) is 16.6 Å². The van der Waals surface area contributed by atoms with Crippen molar-refractivity contribution in [1.82, 2.24) is 10.0 Å². The van der Waals surface area contributed by atoms with Gasteiger partial charge in [-0.3, -0.25) is 4.79 Å². The molecule has 0 aliphatic carbocycles. The van der Waals surface area contributed by atoms with Gasteiger partial charge in [-0.1, -0.05) is 12.0 Å². The number of sulfonamides is 1. The molecule has 7 nitrogen and oxygen atoms in total. The first kappa shape index (κ1) is 20.3. The maximum atomic E-state index is 12.4. The molecule has 0 aromatic heterocycles. The number of amides is 1. The summed E-state index contributed by atoms with van der Waals surface area (Å²) in [5, 5.41) is 2.74. The number of terminal acetylenes is 1. The molecule has 0 aliphatic heterocycles. The van der Waals surface area contributed by atoms with Gasteiger partial charge in [-0.05, 0) is 36.4 Å². The van der Waals surface area contributed by atoms with Crippen LogP contribution in [0.5, 0.6) is 11.5 Å². The van der Waals surface area contributed by atoms with Crippen LogP contribution >= 0.6 is 0 Å². The minimum Gasteiger partial charge on any atom is -0.497 e. The molecule has 8 heteroatoms. The zero-order valence-electron chi connectivity index (χ0n) is 15.0. The number of methoxy groups -OCH3 is 2. The summed E-state index contributed by atoms with van der Waals surface area (Å²) in [7, 11) is -0.696. The zero-order chi connectivity index (χ0) is 19.9. The summed E-state index contributed by atoms with van der Waals surface area (Å²) in [5.41, 5.74) is 0.935. The Labute approximate surface area is 158 Å². The van der Waals surface area contributed by atoms with Gasteiger partial charge in [0.2, 0.25) is 10.0 Å². The maximum Gasteiger partial charge on any atom is 0.251 e. The molecule has 2 aromatic rings. The van der Waals surface area contributed by atoms with Crippen LogP contribution < -0.4 is 19.5 Å². The van der Waals surface area contributed by atoms with E-state index in [0.29, 0.717) is 11.5 Å². The van der Waals surface area contributed by atoms with Gasteiger partial charge in [0.1, 0.15) is 11.5 Å². The Morgan fingerprint density at radius 2 is 1.93 bits per heavy atom. The predicted molar refractivity (Wildman–Crippen MR) is 101 cm³/mol. The van der Waals surface area contributed by atoms with Gasteiger partial charge in [-0.2, -0.15) is 4.72 Å². The second-order valence-corrected chi connectivity index (χ2v) is 7.18. The fourth-order valence-corrected chi connectivity index (χ4v) is 3.30. The van der Waals surface area contributed by atoms with E-state index in [9.17, 15) is 13.2 Å². The van der Waals surface area contributed by atoms with Crippen molar-refractivity contribution >= 4 is 15.9 Å². The van der Waals surface area contributed by atoms with Crippen LogP contribution in [0.15, 0.2) is 47.4 Å². The molecule has 0 bridgehead atoms. The first-order chi connectivity index (χ1) is 12.9. The second kappa shape index (κ2) is 9.07. The third-order valence-electron chi connectivity index (χ3n) is 3.70. The van der Waals surface area contributed by atoms with Gasteiger partial charge in [0, 0.05) is 17.7 Å². The van der Waals surface area contributed by atoms with Crippen LogP contribution in [0, 0.1) is 12.3 Å². The Morgan fingerprint density at radius 3 is 2.59 bits per heavy atom. The number of carbonyl (C=O) groups is 1. The minimum absolute atomic E-state index is 0.0376. The molecule has 27 heavy (non-hydrogen) atoms. The largest absolute Gasteiger partial charge is 0.497 e. The number of hydrogen-bond acceptors (Lipinski definition) is 5. The van der Waals surface area contributed by atoms with Crippen molar-refractivity contribution in [2.24, 2.45) is 0 Å². The highest BCUT2D eigenvalue weighted by Gasteiger charge is 2.16. The lowest BCUT2D eigenvalue weighted by Gasteiger charge is -2.12. The normalized spacial score (nSPS) is 10.7. The molecular weight excluding hydrogens is 368 g/mol. The van der Waals surface area contributed by atoms with E-state index in [0.717, 1.165) is 5.56 Å². The first-order valence-electron chi connectivity index (χ1n) is 7.93. The minimum atomic E-state index is -3.77. The lowest BCUT2D eigenvalue weighted by atomic mass is 10.1. The molecule has 0 saturated carbocycles. The van der Waals surface area contributed by atoms with Crippen molar-refractivity contribution in [3.05, 3.63) is 53.6 Å². The van der Waals surface area contributed by atoms with Gasteiger partial charge in [-0.25, -0.2) is 8.42 Å². The Bertz CT molecular complexity index is 964. The molecule has 2 aromatic carbocycles. The molecule has 0 atom stereocenters. The van der Waals surface area contributed by atoms with Crippen molar-refractivity contribution in [2.75, 3.05) is 20.8 Å². The van der Waals surface area contributed by atoms with Crippen LogP contribution in [0.2, 0.25) is 0 Å². The van der Waals surface area contributed by atoms with Crippen molar-refractivity contribution in [3.8, 4) is 23.8 Å². The van der Waals surface area contributed by atoms with E-state index in [2.05, 4.69) is 16.0 Å². The number of hydrogen-bond donors (Lipinski definition) is 2. The molecule has 0 spiro atoms. The zero-order valence-corrected chi connectivity index (χ0v) is 15.8. The van der Waals surface area contributed by atoms with Gasteiger partial charge in [0.05, 0.1) is 25.7 Å². The quantitative estimate of drug-likeness (QED) is 0.669. The highest BCUT2D eigenvalue weighted by atomic mass is 32.2. The van der Waals surface area contributed by atoms with Crippen molar-refractivity contribution < 1.29 is 22.7 Å². The van der Waals surface area contributed by atoms with E-state index in [4.69, 9.17) is 15.9 Å². The highest BCUT2D eigenvalue weighted by Crippen LogP contribution is 2.23. The van der Waals surface area contributed by atoms with Crippen LogP contribution in [0.4, 0.5) is 0 Å². The van der Waals surface area contributed by atoms with Crippen molar-refractivity contribution in [1.29, 1.82) is 0 Å². The van der Waals surface area contributed by atoms with Gasteiger partial charge in [-0.15, -0.1) is 6.42 Å². The number of rotatable bonds is 8. The highest BCUT2D eigenvalue weighted by molar-refractivity contribution is 7.89. The molecule has 0 heterocycles. The number of benzene rings is 2. The Hall–Kier alpha value is -3.02. The van der Waals surface area contributed by atoms with E-state index in [1.54, 1.807) is 25.3 Å². The SMILES string of the molecule is C#CCNS(=O)(=O)c1cccc(C(=O)NCc2cc(OC)ccc2OC)c1. The molecule has 2 N–H and O–H groups in total. The predicted octanol–water partition coefficient (Wildman–Crippen LogP) is 1.55. The van der Waals surface area contributed by atoms with Crippen LogP contribution in [0.25, 0.3) is 0 Å². The summed E-state index contributed by atoms with van der Waals surface area (Å²) in [6.45, 7) is 0.0555. The van der Waals surface area contributed by atoms with Crippen LogP contribution in [0.1, 0.15) is 15.9 Å². The van der Waals surface area contributed by atoms with Gasteiger partial charge >= 0.3 is 0 Å². The number of nitrogens with one attached hydrogen (secondary N) is 2. The Balaban J connectivity index is 2.16. The lowest BCUT2D eigenvalue weighted by molar-refractivity contribution is 0.0950. The van der Waals surface area contributed by atoms with E-state index in [1.165, 1.54) is 31.4 Å². The summed E-state index contributed by atoms with van der Waals surface area (Å²) in [6.07, 6.45) is 5.07. The van der Waals surface area contributed by atoms with Crippen molar-refractivity contribution in [3.63, 3.8) is 0 Å². The molecule has 1 amide bonds. The fourth-order valence-electron chi connectivity index (χ4n) is 2.32. The average Bonchev–Trinajstić information content (AvgIpc) is 2.70. The molecule has 2 rings (SSSR count). The fraction of sp³-hybridized carbons (Fsp3) is 0.211. The molecule has 0 radical (unpaired) electrons. The lowest BCUT2D eigenvalue weighted by Crippen LogP contribution is -2.26. The monoisotopic (exact) mass is 388 g/mol. The summed E-state index contributed by atoms with van der Waals surface area (Å²) < 4.78 is 37.0. The molecule has 0 fully saturated rings. The van der Waals surface area contributed by atoms with Crippen LogP contribution in [0.3, 0.4) is 0 Å². The van der Waals surface area contributed by atoms with E-state index >= 15 is 0 Å². The molecule has 0 saturated heterocycles. The molecular formula is C19H20N2O5S. The Morgan fingerprint density at radius 1 is 1.15 bits per heavy atom. The standard InChI is InChI=1S/C19H20N2O5S/c1-4-10-21-27(23,24)17-7-5-6-14(12-17)19(22)20-13-15-11-16(25-2)8-9-18(15)26-3/h1,5-9,11-12,21H,10,13H2,2-3H3,(H,20,22). The summed E-state index contributed by atoms with van der Waals surface area (Å²) >= 11 is 0. The smallest absolute Gasteiger partial charge is 0.251 e. The van der Waals surface area contributed by atoms with Gasteiger partial charge in [0.15, 0.2) is 0 Å². The maximum absolute atomic E-state index is 12.4. The van der Waals surface area contributed by atoms with E-state index < -0.39 is 15.9 Å². The van der Waals surface area contributed by atoms with Crippen molar-refractivity contribution in [2.45, 2.75) is 11.4 Å².